The Morgan fingerprint density at radius 2 is 1.65 bits per heavy atom. The molecule has 3 rings (SSSR count). The molecule has 0 heterocycles. The minimum atomic E-state index is 0.156. The summed E-state index contributed by atoms with van der Waals surface area (Å²) in [6, 6.07) is 15.9. The van der Waals surface area contributed by atoms with Gasteiger partial charge >= 0.3 is 0 Å². The topological polar surface area (TPSA) is 26.3 Å². The first-order chi connectivity index (χ1) is 12.8. The minimum absolute atomic E-state index is 0.156. The Balaban J connectivity index is 1.49. The van der Waals surface area contributed by atoms with Gasteiger partial charge in [0.25, 0.3) is 0 Å². The fourth-order valence-corrected chi connectivity index (χ4v) is 3.40. The number of fused-ring (bicyclic) bond motifs is 1. The molecule has 0 radical (unpaired) electrons. The summed E-state index contributed by atoms with van der Waals surface area (Å²) in [7, 11) is 0. The number of Topliss-reactive ketones (excluding diaryl/α,β-unsaturated/α-hetero) is 1. The monoisotopic (exact) mass is 348 g/mol. The fourth-order valence-electron chi connectivity index (χ4n) is 3.40. The van der Waals surface area contributed by atoms with Crippen LogP contribution in [-0.4, -0.2) is 12.4 Å². The molecular weight excluding hydrogens is 320 g/mol. The zero-order valence-electron chi connectivity index (χ0n) is 15.7. The number of carbonyl (C=O) groups is 1. The van der Waals surface area contributed by atoms with Gasteiger partial charge in [0.2, 0.25) is 0 Å². The molecule has 0 saturated heterocycles. The molecule has 136 valence electrons. The van der Waals surface area contributed by atoms with Crippen LogP contribution in [0.4, 0.5) is 0 Å². The third kappa shape index (κ3) is 4.85. The molecule has 0 amide bonds. The van der Waals surface area contributed by atoms with Gasteiger partial charge in [-0.3, -0.25) is 4.79 Å². The van der Waals surface area contributed by atoms with Crippen molar-refractivity contribution >= 4 is 11.9 Å². The summed E-state index contributed by atoms with van der Waals surface area (Å²) in [5.41, 5.74) is 3.89. The molecule has 2 nitrogen and oxygen atoms in total. The molecule has 0 unspecified atom stereocenters. The van der Waals surface area contributed by atoms with Crippen LogP contribution in [0.2, 0.25) is 0 Å². The predicted octanol–water partition coefficient (Wildman–Crippen LogP) is 6.25. The molecule has 2 heteroatoms. The molecule has 2 aromatic rings. The number of benzene rings is 2. The van der Waals surface area contributed by atoms with Crippen molar-refractivity contribution in [2.24, 2.45) is 0 Å². The van der Waals surface area contributed by atoms with Crippen LogP contribution in [-0.2, 0) is 6.42 Å². The lowest BCUT2D eigenvalue weighted by Crippen LogP contribution is -1.97. The summed E-state index contributed by atoms with van der Waals surface area (Å²) in [5.74, 6) is 1.06. The van der Waals surface area contributed by atoms with Crippen molar-refractivity contribution in [1.29, 1.82) is 0 Å². The summed E-state index contributed by atoms with van der Waals surface area (Å²) in [4.78, 5) is 12.4. The highest BCUT2D eigenvalue weighted by Gasteiger charge is 2.23. The van der Waals surface area contributed by atoms with E-state index in [4.69, 9.17) is 4.74 Å². The van der Waals surface area contributed by atoms with E-state index in [9.17, 15) is 4.79 Å². The van der Waals surface area contributed by atoms with E-state index in [1.807, 2.05) is 54.6 Å². The number of hydrogen-bond acceptors (Lipinski definition) is 2. The second-order valence-electron chi connectivity index (χ2n) is 7.02. The number of ketones is 1. The van der Waals surface area contributed by atoms with Crippen LogP contribution in [0.1, 0.15) is 66.9 Å². The lowest BCUT2D eigenvalue weighted by molar-refractivity contribution is 0.104. The van der Waals surface area contributed by atoms with Crippen molar-refractivity contribution in [3.05, 3.63) is 70.8 Å². The number of ether oxygens (including phenoxy) is 1. The average molecular weight is 348 g/mol. The van der Waals surface area contributed by atoms with Gasteiger partial charge in [0.1, 0.15) is 5.75 Å². The Morgan fingerprint density at radius 1 is 0.923 bits per heavy atom. The average Bonchev–Trinajstić information content (AvgIpc) is 2.98. The molecule has 1 aliphatic rings. The SMILES string of the molecule is CCCCCCCCOc1ccc(/C=C2/Cc3ccccc3C2=O)cc1. The van der Waals surface area contributed by atoms with Gasteiger partial charge < -0.3 is 4.74 Å². The summed E-state index contributed by atoms with van der Waals surface area (Å²) in [6.45, 7) is 3.02. The first kappa shape index (κ1) is 18.4. The van der Waals surface area contributed by atoms with Gasteiger partial charge in [-0.2, -0.15) is 0 Å². The standard InChI is InChI=1S/C24H28O2/c1-2-3-4-5-6-9-16-26-22-14-12-19(13-15-22)17-21-18-20-10-7-8-11-23(20)24(21)25/h7-8,10-15,17H,2-6,9,16,18H2,1H3/b21-17-. The Kier molecular flexibility index (Phi) is 6.65. The Bertz CT molecular complexity index is 756. The molecule has 0 saturated carbocycles. The second-order valence-corrected chi connectivity index (χ2v) is 7.02. The van der Waals surface area contributed by atoms with Crippen molar-refractivity contribution in [1.82, 2.24) is 0 Å². The lowest BCUT2D eigenvalue weighted by atomic mass is 10.1. The Labute approximate surface area is 156 Å². The normalized spacial score (nSPS) is 14.7. The molecule has 1 aliphatic carbocycles. The van der Waals surface area contributed by atoms with Gasteiger partial charge in [-0.1, -0.05) is 75.4 Å². The van der Waals surface area contributed by atoms with Crippen molar-refractivity contribution < 1.29 is 9.53 Å². The van der Waals surface area contributed by atoms with Crippen LogP contribution in [0.25, 0.3) is 6.08 Å². The van der Waals surface area contributed by atoms with E-state index in [1.165, 1.54) is 32.1 Å². The van der Waals surface area contributed by atoms with Gasteiger partial charge in [0.15, 0.2) is 5.78 Å². The van der Waals surface area contributed by atoms with Crippen molar-refractivity contribution in [2.45, 2.75) is 51.9 Å². The van der Waals surface area contributed by atoms with E-state index in [0.29, 0.717) is 0 Å². The summed E-state index contributed by atoms with van der Waals surface area (Å²) < 4.78 is 5.82. The molecule has 0 atom stereocenters. The van der Waals surface area contributed by atoms with Gasteiger partial charge in [0.05, 0.1) is 6.61 Å². The Hall–Kier alpha value is -2.35. The number of rotatable bonds is 9. The first-order valence-electron chi connectivity index (χ1n) is 9.84. The van der Waals surface area contributed by atoms with Crippen LogP contribution in [0.3, 0.4) is 0 Å². The van der Waals surface area contributed by atoms with Crippen LogP contribution in [0, 0.1) is 0 Å². The van der Waals surface area contributed by atoms with E-state index in [1.54, 1.807) is 0 Å². The summed E-state index contributed by atoms with van der Waals surface area (Å²) in [5, 5.41) is 0. The third-order valence-corrected chi connectivity index (χ3v) is 4.92. The molecule has 0 fully saturated rings. The molecule has 0 aliphatic heterocycles. The first-order valence-corrected chi connectivity index (χ1v) is 9.84. The second kappa shape index (κ2) is 9.38. The van der Waals surface area contributed by atoms with E-state index < -0.39 is 0 Å². The smallest absolute Gasteiger partial charge is 0.189 e. The zero-order valence-corrected chi connectivity index (χ0v) is 15.7. The van der Waals surface area contributed by atoms with Crippen molar-refractivity contribution in [3.63, 3.8) is 0 Å². The lowest BCUT2D eigenvalue weighted by Gasteiger charge is -2.06. The highest BCUT2D eigenvalue weighted by atomic mass is 16.5. The van der Waals surface area contributed by atoms with Crippen LogP contribution < -0.4 is 4.74 Å². The minimum Gasteiger partial charge on any atom is -0.494 e. The molecular formula is C24H28O2. The predicted molar refractivity (Wildman–Crippen MR) is 108 cm³/mol. The number of carbonyl (C=O) groups excluding carboxylic acids is 1. The molecule has 0 bridgehead atoms. The number of unbranched alkanes of at least 4 members (excludes halogenated alkanes) is 5. The van der Waals surface area contributed by atoms with E-state index in [0.717, 1.165) is 47.5 Å². The molecule has 2 aromatic carbocycles. The molecule has 26 heavy (non-hydrogen) atoms. The molecule has 0 N–H and O–H groups in total. The fraction of sp³-hybridized carbons (Fsp3) is 0.375. The van der Waals surface area contributed by atoms with Gasteiger partial charge in [-0.05, 0) is 35.8 Å². The quantitative estimate of drug-likeness (QED) is 0.395. The van der Waals surface area contributed by atoms with Crippen molar-refractivity contribution in [2.75, 3.05) is 6.61 Å². The highest BCUT2D eigenvalue weighted by molar-refractivity contribution is 6.15. The van der Waals surface area contributed by atoms with E-state index in [-0.39, 0.29) is 5.78 Å². The molecule has 0 spiro atoms. The highest BCUT2D eigenvalue weighted by Crippen LogP contribution is 2.27. The van der Waals surface area contributed by atoms with Crippen LogP contribution in [0.15, 0.2) is 54.1 Å². The summed E-state index contributed by atoms with van der Waals surface area (Å²) >= 11 is 0. The van der Waals surface area contributed by atoms with E-state index >= 15 is 0 Å². The van der Waals surface area contributed by atoms with E-state index in [2.05, 4.69) is 6.92 Å². The Morgan fingerprint density at radius 3 is 2.42 bits per heavy atom. The maximum atomic E-state index is 12.4. The summed E-state index contributed by atoms with van der Waals surface area (Å²) in [6.07, 6.45) is 10.4. The molecule has 0 aromatic heterocycles. The number of allylic oxidation sites excluding steroid dienone is 1. The largest absolute Gasteiger partial charge is 0.494 e. The van der Waals surface area contributed by atoms with Crippen molar-refractivity contribution in [3.8, 4) is 5.75 Å². The van der Waals surface area contributed by atoms with Gasteiger partial charge in [0, 0.05) is 17.6 Å². The maximum absolute atomic E-state index is 12.4. The van der Waals surface area contributed by atoms with Crippen LogP contribution in [0.5, 0.6) is 5.75 Å². The number of hydrogen-bond donors (Lipinski definition) is 0. The van der Waals surface area contributed by atoms with Gasteiger partial charge in [-0.25, -0.2) is 0 Å². The van der Waals surface area contributed by atoms with Gasteiger partial charge in [-0.15, -0.1) is 0 Å². The maximum Gasteiger partial charge on any atom is 0.189 e. The zero-order chi connectivity index (χ0) is 18.2. The third-order valence-electron chi connectivity index (χ3n) is 4.92. The van der Waals surface area contributed by atoms with Crippen LogP contribution >= 0.6 is 0 Å².